The van der Waals surface area contributed by atoms with E-state index in [0.717, 1.165) is 24.2 Å². The van der Waals surface area contributed by atoms with Crippen LogP contribution in [0, 0.1) is 0 Å². The van der Waals surface area contributed by atoms with E-state index in [1.54, 1.807) is 18.2 Å². The molecule has 1 saturated carbocycles. The summed E-state index contributed by atoms with van der Waals surface area (Å²) in [5, 5.41) is 7.09. The van der Waals surface area contributed by atoms with Gasteiger partial charge in [-0.25, -0.2) is 14.8 Å². The maximum atomic E-state index is 11.8. The lowest BCUT2D eigenvalue weighted by Crippen LogP contribution is -2.07. The summed E-state index contributed by atoms with van der Waals surface area (Å²) in [7, 11) is 1.34. The minimum Gasteiger partial charge on any atom is -0.465 e. The third-order valence-corrected chi connectivity index (χ3v) is 4.67. The predicted molar refractivity (Wildman–Crippen MR) is 110 cm³/mol. The topological polar surface area (TPSA) is 76.1 Å². The lowest BCUT2D eigenvalue weighted by atomic mass is 10.2. The molecule has 0 bridgehead atoms. The molecule has 2 aromatic carbocycles. The van der Waals surface area contributed by atoms with E-state index in [9.17, 15) is 4.79 Å². The van der Waals surface area contributed by atoms with Gasteiger partial charge in [0.05, 0.1) is 23.4 Å². The second kappa shape index (κ2) is 7.86. The van der Waals surface area contributed by atoms with Gasteiger partial charge >= 0.3 is 5.97 Å². The summed E-state index contributed by atoms with van der Waals surface area (Å²) in [6.07, 6.45) is 2.28. The van der Waals surface area contributed by atoms with Crippen LogP contribution >= 0.6 is 11.6 Å². The molecule has 2 N–H and O–H groups in total. The molecular weight excluding hydrogens is 376 g/mol. The zero-order valence-electron chi connectivity index (χ0n) is 15.3. The van der Waals surface area contributed by atoms with Crippen molar-refractivity contribution in [2.75, 3.05) is 17.7 Å². The van der Waals surface area contributed by atoms with Gasteiger partial charge in [0.25, 0.3) is 0 Å². The number of rotatable bonds is 6. The molecule has 1 aliphatic rings. The van der Waals surface area contributed by atoms with Gasteiger partial charge in [0.15, 0.2) is 5.82 Å². The third-order valence-electron chi connectivity index (χ3n) is 4.34. The molecule has 0 aliphatic heterocycles. The Morgan fingerprint density at radius 3 is 2.54 bits per heavy atom. The molecule has 6 nitrogen and oxygen atoms in total. The van der Waals surface area contributed by atoms with Crippen LogP contribution in [0.1, 0.15) is 23.2 Å². The van der Waals surface area contributed by atoms with E-state index >= 15 is 0 Å². The molecule has 0 radical (unpaired) electrons. The number of nitrogens with one attached hydrogen (secondary N) is 2. The maximum absolute atomic E-state index is 11.8. The number of ether oxygens (including phenoxy) is 1. The van der Waals surface area contributed by atoms with Crippen molar-refractivity contribution in [3.63, 3.8) is 0 Å². The number of benzene rings is 2. The largest absolute Gasteiger partial charge is 0.465 e. The van der Waals surface area contributed by atoms with Gasteiger partial charge in [-0.1, -0.05) is 41.9 Å². The number of hydrogen-bond donors (Lipinski definition) is 2. The standard InChI is InChI=1S/C21H19ClN4O2/c1-28-21(27)14-7-10-16(22)17(11-14)24-19-12-18(23-15-8-9-15)25-20(26-19)13-5-3-2-4-6-13/h2-7,10-12,15H,8-9H2,1H3,(H2,23,24,25,26). The first kappa shape index (κ1) is 18.3. The van der Waals surface area contributed by atoms with Crippen LogP contribution in [0.2, 0.25) is 5.02 Å². The molecule has 28 heavy (non-hydrogen) atoms. The van der Waals surface area contributed by atoms with Gasteiger partial charge in [-0.15, -0.1) is 0 Å². The molecule has 0 amide bonds. The predicted octanol–water partition coefficient (Wildman–Crippen LogP) is 4.90. The number of hydrogen-bond acceptors (Lipinski definition) is 6. The molecule has 3 aromatic rings. The second-order valence-electron chi connectivity index (χ2n) is 6.56. The number of halogens is 1. The summed E-state index contributed by atoms with van der Waals surface area (Å²) >= 11 is 6.31. The number of aromatic nitrogens is 2. The fourth-order valence-corrected chi connectivity index (χ4v) is 2.91. The summed E-state index contributed by atoms with van der Waals surface area (Å²) in [6, 6.07) is 17.0. The highest BCUT2D eigenvalue weighted by Crippen LogP contribution is 2.30. The fourth-order valence-electron chi connectivity index (χ4n) is 2.74. The Labute approximate surface area is 167 Å². The summed E-state index contributed by atoms with van der Waals surface area (Å²) in [4.78, 5) is 21.1. The average Bonchev–Trinajstić information content (AvgIpc) is 3.53. The number of carbonyl (C=O) groups excluding carboxylic acids is 1. The smallest absolute Gasteiger partial charge is 0.337 e. The molecule has 0 atom stereocenters. The zero-order chi connectivity index (χ0) is 19.5. The highest BCUT2D eigenvalue weighted by molar-refractivity contribution is 6.33. The van der Waals surface area contributed by atoms with Crippen LogP contribution in [0.4, 0.5) is 17.3 Å². The van der Waals surface area contributed by atoms with Crippen molar-refractivity contribution in [1.29, 1.82) is 0 Å². The van der Waals surface area contributed by atoms with E-state index in [0.29, 0.717) is 34.0 Å². The van der Waals surface area contributed by atoms with E-state index in [2.05, 4.69) is 20.6 Å². The summed E-state index contributed by atoms with van der Waals surface area (Å²) < 4.78 is 4.78. The van der Waals surface area contributed by atoms with Gasteiger partial charge < -0.3 is 15.4 Å². The van der Waals surface area contributed by atoms with E-state index < -0.39 is 5.97 Å². The van der Waals surface area contributed by atoms with E-state index in [1.165, 1.54) is 7.11 Å². The molecule has 1 heterocycles. The monoisotopic (exact) mass is 394 g/mol. The van der Waals surface area contributed by atoms with Gasteiger partial charge in [0.2, 0.25) is 0 Å². The Hall–Kier alpha value is -3.12. The van der Waals surface area contributed by atoms with Crippen molar-refractivity contribution in [2.45, 2.75) is 18.9 Å². The first-order valence-corrected chi connectivity index (χ1v) is 9.36. The molecule has 1 aliphatic carbocycles. The molecule has 0 saturated heterocycles. The van der Waals surface area contributed by atoms with Gasteiger partial charge in [-0.05, 0) is 31.0 Å². The van der Waals surface area contributed by atoms with E-state index in [1.807, 2.05) is 36.4 Å². The minimum absolute atomic E-state index is 0.406. The zero-order valence-corrected chi connectivity index (χ0v) is 16.0. The molecule has 142 valence electrons. The maximum Gasteiger partial charge on any atom is 0.337 e. The SMILES string of the molecule is COC(=O)c1ccc(Cl)c(Nc2cc(NC3CC3)nc(-c3ccccc3)n2)c1. The average molecular weight is 395 g/mol. The number of methoxy groups -OCH3 is 1. The van der Waals surface area contributed by atoms with Crippen LogP contribution in [-0.4, -0.2) is 29.1 Å². The van der Waals surface area contributed by atoms with E-state index in [-0.39, 0.29) is 0 Å². The van der Waals surface area contributed by atoms with Crippen LogP contribution < -0.4 is 10.6 Å². The Morgan fingerprint density at radius 1 is 1.07 bits per heavy atom. The lowest BCUT2D eigenvalue weighted by Gasteiger charge is -2.13. The number of carbonyl (C=O) groups is 1. The lowest BCUT2D eigenvalue weighted by molar-refractivity contribution is 0.0601. The second-order valence-corrected chi connectivity index (χ2v) is 6.97. The quantitative estimate of drug-likeness (QED) is 0.579. The van der Waals surface area contributed by atoms with Crippen LogP contribution in [0.3, 0.4) is 0 Å². The van der Waals surface area contributed by atoms with Crippen molar-refractivity contribution in [1.82, 2.24) is 9.97 Å². The third kappa shape index (κ3) is 4.23. The Balaban J connectivity index is 1.69. The molecule has 0 unspecified atom stereocenters. The van der Waals surface area contributed by atoms with Gasteiger partial charge in [-0.3, -0.25) is 0 Å². The van der Waals surface area contributed by atoms with Crippen molar-refractivity contribution >= 4 is 34.9 Å². The minimum atomic E-state index is -0.427. The molecule has 7 heteroatoms. The van der Waals surface area contributed by atoms with Crippen molar-refractivity contribution in [3.05, 3.63) is 65.2 Å². The van der Waals surface area contributed by atoms with Crippen molar-refractivity contribution in [2.24, 2.45) is 0 Å². The van der Waals surface area contributed by atoms with Crippen LogP contribution in [0.25, 0.3) is 11.4 Å². The number of esters is 1. The molecule has 1 fully saturated rings. The highest BCUT2D eigenvalue weighted by Gasteiger charge is 2.22. The fraction of sp³-hybridized carbons (Fsp3) is 0.190. The number of nitrogens with zero attached hydrogens (tertiary/aromatic N) is 2. The summed E-state index contributed by atoms with van der Waals surface area (Å²) in [5.74, 6) is 1.51. The molecule has 0 spiro atoms. The summed E-state index contributed by atoms with van der Waals surface area (Å²) in [5.41, 5.74) is 1.89. The Kier molecular flexibility index (Phi) is 5.12. The van der Waals surface area contributed by atoms with Crippen molar-refractivity contribution in [3.8, 4) is 11.4 Å². The summed E-state index contributed by atoms with van der Waals surface area (Å²) in [6.45, 7) is 0. The Bertz CT molecular complexity index is 1010. The highest BCUT2D eigenvalue weighted by atomic mass is 35.5. The first-order chi connectivity index (χ1) is 13.6. The van der Waals surface area contributed by atoms with Gasteiger partial charge in [0.1, 0.15) is 11.6 Å². The first-order valence-electron chi connectivity index (χ1n) is 8.98. The van der Waals surface area contributed by atoms with E-state index in [4.69, 9.17) is 16.3 Å². The number of anilines is 3. The normalized spacial score (nSPS) is 13.1. The van der Waals surface area contributed by atoms with Crippen LogP contribution in [-0.2, 0) is 4.74 Å². The molecule has 4 rings (SSSR count). The van der Waals surface area contributed by atoms with Crippen LogP contribution in [0.15, 0.2) is 54.6 Å². The van der Waals surface area contributed by atoms with Crippen LogP contribution in [0.5, 0.6) is 0 Å². The van der Waals surface area contributed by atoms with Crippen molar-refractivity contribution < 1.29 is 9.53 Å². The molecule has 1 aromatic heterocycles. The Morgan fingerprint density at radius 2 is 1.82 bits per heavy atom. The molecular formula is C21H19ClN4O2. The van der Waals surface area contributed by atoms with Gasteiger partial charge in [-0.2, -0.15) is 0 Å². The van der Waals surface area contributed by atoms with Gasteiger partial charge in [0, 0.05) is 17.7 Å².